The minimum atomic E-state index is -0.124. The van der Waals surface area contributed by atoms with Gasteiger partial charge in [0.1, 0.15) is 0 Å². The van der Waals surface area contributed by atoms with Gasteiger partial charge in [-0.05, 0) is 37.8 Å². The quantitative estimate of drug-likeness (QED) is 0.519. The Balaban J connectivity index is 1.52. The molecule has 0 aliphatic heterocycles. The second-order valence-electron chi connectivity index (χ2n) is 6.57. The third kappa shape index (κ3) is 3.45. The zero-order chi connectivity index (χ0) is 18.8. The SMILES string of the molecule is CCOC(=O)C1CC=C(c2csc(C(=O)c3c[nH]c4ccccc34)n2)CC1. The van der Waals surface area contributed by atoms with Crippen molar-refractivity contribution in [2.45, 2.75) is 26.2 Å². The molecule has 2 aromatic heterocycles. The minimum Gasteiger partial charge on any atom is -0.466 e. The summed E-state index contributed by atoms with van der Waals surface area (Å²) in [5, 5.41) is 3.33. The number of hydrogen-bond donors (Lipinski definition) is 1. The fourth-order valence-electron chi connectivity index (χ4n) is 3.44. The molecular formula is C21H20N2O3S. The molecule has 0 radical (unpaired) electrons. The number of ether oxygens (including phenoxy) is 1. The topological polar surface area (TPSA) is 72.1 Å². The van der Waals surface area contributed by atoms with Gasteiger partial charge in [-0.15, -0.1) is 11.3 Å². The fourth-order valence-corrected chi connectivity index (χ4v) is 4.24. The van der Waals surface area contributed by atoms with Gasteiger partial charge in [-0.1, -0.05) is 24.3 Å². The highest BCUT2D eigenvalue weighted by atomic mass is 32.1. The van der Waals surface area contributed by atoms with Gasteiger partial charge in [0.25, 0.3) is 0 Å². The van der Waals surface area contributed by atoms with Crippen LogP contribution in [0.5, 0.6) is 0 Å². The van der Waals surface area contributed by atoms with Crippen molar-refractivity contribution in [3.05, 3.63) is 58.2 Å². The molecular weight excluding hydrogens is 360 g/mol. The number of H-pyrrole nitrogens is 1. The lowest BCUT2D eigenvalue weighted by Gasteiger charge is -2.19. The Kier molecular flexibility index (Phi) is 4.90. The number of benzene rings is 1. The predicted octanol–water partition coefficient (Wildman–Crippen LogP) is 4.60. The highest BCUT2D eigenvalue weighted by Gasteiger charge is 2.25. The van der Waals surface area contributed by atoms with Gasteiger partial charge in [-0.2, -0.15) is 0 Å². The van der Waals surface area contributed by atoms with E-state index in [9.17, 15) is 9.59 Å². The van der Waals surface area contributed by atoms with Crippen LogP contribution in [0.2, 0.25) is 0 Å². The van der Waals surface area contributed by atoms with Gasteiger partial charge >= 0.3 is 5.97 Å². The molecule has 1 atom stereocenters. The second kappa shape index (κ2) is 7.48. The molecule has 0 spiro atoms. The first-order chi connectivity index (χ1) is 13.2. The summed E-state index contributed by atoms with van der Waals surface area (Å²) in [5.41, 5.74) is 3.53. The summed E-state index contributed by atoms with van der Waals surface area (Å²) in [7, 11) is 0. The Morgan fingerprint density at radius 3 is 2.96 bits per heavy atom. The molecule has 138 valence electrons. The van der Waals surface area contributed by atoms with E-state index in [2.05, 4.69) is 16.0 Å². The normalized spacial score (nSPS) is 16.9. The molecule has 1 N–H and O–H groups in total. The summed E-state index contributed by atoms with van der Waals surface area (Å²) in [5.74, 6) is -0.259. The molecule has 0 amide bonds. The Labute approximate surface area is 161 Å². The van der Waals surface area contributed by atoms with Gasteiger partial charge in [0.15, 0.2) is 5.01 Å². The number of thiazole rings is 1. The monoisotopic (exact) mass is 380 g/mol. The summed E-state index contributed by atoms with van der Waals surface area (Å²) < 4.78 is 5.10. The minimum absolute atomic E-state index is 0.0653. The Hall–Kier alpha value is -2.73. The largest absolute Gasteiger partial charge is 0.466 e. The summed E-state index contributed by atoms with van der Waals surface area (Å²) >= 11 is 1.37. The molecule has 0 fully saturated rings. The number of aromatic amines is 1. The molecule has 1 aromatic carbocycles. The standard InChI is InChI=1S/C21H20N2O3S/c1-2-26-21(25)14-9-7-13(8-10-14)18-12-27-20(23-18)19(24)16-11-22-17-6-4-3-5-15(16)17/h3-7,11-12,14,22H,2,8-10H2,1H3. The molecule has 2 heterocycles. The average molecular weight is 380 g/mol. The van der Waals surface area contributed by atoms with Crippen LogP contribution in [0.1, 0.15) is 47.2 Å². The van der Waals surface area contributed by atoms with Gasteiger partial charge < -0.3 is 9.72 Å². The van der Waals surface area contributed by atoms with E-state index < -0.39 is 0 Å². The number of aromatic nitrogens is 2. The maximum Gasteiger partial charge on any atom is 0.309 e. The highest BCUT2D eigenvalue weighted by molar-refractivity contribution is 7.12. The molecule has 6 heteroatoms. The van der Waals surface area contributed by atoms with E-state index in [1.165, 1.54) is 11.3 Å². The van der Waals surface area contributed by atoms with Crippen molar-refractivity contribution >= 4 is 39.6 Å². The number of hydrogen-bond acceptors (Lipinski definition) is 5. The van der Waals surface area contributed by atoms with Crippen LogP contribution < -0.4 is 0 Å². The third-order valence-corrected chi connectivity index (χ3v) is 5.73. The number of esters is 1. The Bertz CT molecular complexity index is 1030. The van der Waals surface area contributed by atoms with Gasteiger partial charge in [-0.25, -0.2) is 4.98 Å². The molecule has 1 unspecified atom stereocenters. The molecule has 0 saturated heterocycles. The summed E-state index contributed by atoms with van der Waals surface area (Å²) in [6, 6.07) is 7.75. The number of rotatable bonds is 5. The average Bonchev–Trinajstić information content (AvgIpc) is 3.35. The fraction of sp³-hybridized carbons (Fsp3) is 0.286. The van der Waals surface area contributed by atoms with Gasteiger partial charge in [0.05, 0.1) is 23.8 Å². The zero-order valence-electron chi connectivity index (χ0n) is 15.0. The van der Waals surface area contributed by atoms with Gasteiger partial charge in [-0.3, -0.25) is 9.59 Å². The van der Waals surface area contributed by atoms with E-state index in [1.807, 2.05) is 36.6 Å². The number of carbonyl (C=O) groups is 2. The van der Waals surface area contributed by atoms with Crippen molar-refractivity contribution in [2.75, 3.05) is 6.61 Å². The van der Waals surface area contributed by atoms with Crippen molar-refractivity contribution in [3.8, 4) is 0 Å². The zero-order valence-corrected chi connectivity index (χ0v) is 15.8. The van der Waals surface area contributed by atoms with Crippen LogP contribution in [0.4, 0.5) is 0 Å². The maximum absolute atomic E-state index is 12.9. The summed E-state index contributed by atoms with van der Waals surface area (Å²) in [6.07, 6.45) is 6.00. The first-order valence-electron chi connectivity index (χ1n) is 9.09. The lowest BCUT2D eigenvalue weighted by Crippen LogP contribution is -2.19. The molecule has 0 bridgehead atoms. The lowest BCUT2D eigenvalue weighted by molar-refractivity contribution is -0.148. The number of allylic oxidation sites excluding steroid dienone is 2. The van der Waals surface area contributed by atoms with Crippen molar-refractivity contribution in [1.82, 2.24) is 9.97 Å². The second-order valence-corrected chi connectivity index (χ2v) is 7.43. The van der Waals surface area contributed by atoms with Gasteiger partial charge in [0, 0.05) is 22.5 Å². The number of para-hydroxylation sites is 1. The third-order valence-electron chi connectivity index (χ3n) is 4.89. The number of nitrogens with one attached hydrogen (secondary N) is 1. The molecule has 27 heavy (non-hydrogen) atoms. The van der Waals surface area contributed by atoms with E-state index in [-0.39, 0.29) is 17.7 Å². The lowest BCUT2D eigenvalue weighted by atomic mass is 9.88. The van der Waals surface area contributed by atoms with Crippen LogP contribution >= 0.6 is 11.3 Å². The molecule has 1 aliphatic rings. The predicted molar refractivity (Wildman–Crippen MR) is 106 cm³/mol. The smallest absolute Gasteiger partial charge is 0.309 e. The van der Waals surface area contributed by atoms with E-state index in [1.54, 1.807) is 6.20 Å². The number of carbonyl (C=O) groups excluding carboxylic acids is 2. The first kappa shape index (κ1) is 17.7. The Morgan fingerprint density at radius 2 is 2.19 bits per heavy atom. The maximum atomic E-state index is 12.9. The molecule has 4 rings (SSSR count). The molecule has 3 aromatic rings. The number of ketones is 1. The molecule has 1 aliphatic carbocycles. The van der Waals surface area contributed by atoms with Crippen molar-refractivity contribution in [3.63, 3.8) is 0 Å². The van der Waals surface area contributed by atoms with Crippen molar-refractivity contribution in [1.29, 1.82) is 0 Å². The van der Waals surface area contributed by atoms with E-state index in [4.69, 9.17) is 4.74 Å². The summed E-state index contributed by atoms with van der Waals surface area (Å²) in [4.78, 5) is 32.4. The molecule has 0 saturated carbocycles. The molecule has 5 nitrogen and oxygen atoms in total. The summed E-state index contributed by atoms with van der Waals surface area (Å²) in [6.45, 7) is 2.24. The van der Waals surface area contributed by atoms with Crippen molar-refractivity contribution < 1.29 is 14.3 Å². The number of nitrogens with zero attached hydrogens (tertiary/aromatic N) is 1. The van der Waals surface area contributed by atoms with Gasteiger partial charge in [0.2, 0.25) is 5.78 Å². The van der Waals surface area contributed by atoms with Crippen LogP contribution in [0.3, 0.4) is 0 Å². The highest BCUT2D eigenvalue weighted by Crippen LogP contribution is 2.32. The van der Waals surface area contributed by atoms with Crippen LogP contribution in [-0.4, -0.2) is 28.3 Å². The first-order valence-corrected chi connectivity index (χ1v) is 9.97. The van der Waals surface area contributed by atoms with E-state index >= 15 is 0 Å². The van der Waals surface area contributed by atoms with Crippen LogP contribution in [0.25, 0.3) is 16.5 Å². The van der Waals surface area contributed by atoms with E-state index in [0.29, 0.717) is 23.6 Å². The van der Waals surface area contributed by atoms with Crippen LogP contribution in [-0.2, 0) is 9.53 Å². The van der Waals surface area contributed by atoms with E-state index in [0.717, 1.165) is 35.0 Å². The van der Waals surface area contributed by atoms with Crippen molar-refractivity contribution in [2.24, 2.45) is 5.92 Å². The number of fused-ring (bicyclic) bond motifs is 1. The van der Waals surface area contributed by atoms with Crippen LogP contribution in [0, 0.1) is 5.92 Å². The Morgan fingerprint density at radius 1 is 1.33 bits per heavy atom. The van der Waals surface area contributed by atoms with Crippen LogP contribution in [0.15, 0.2) is 41.9 Å².